The lowest BCUT2D eigenvalue weighted by molar-refractivity contribution is -0.137. The van der Waals surface area contributed by atoms with Crippen LogP contribution in [0.3, 0.4) is 0 Å². The predicted octanol–water partition coefficient (Wildman–Crippen LogP) is 7.17. The Labute approximate surface area is 337 Å². The lowest BCUT2D eigenvalue weighted by Crippen LogP contribution is -2.54. The summed E-state index contributed by atoms with van der Waals surface area (Å²) >= 11 is 0. The Morgan fingerprint density at radius 2 is 1.52 bits per heavy atom. The Balaban J connectivity index is 0.000000404. The summed E-state index contributed by atoms with van der Waals surface area (Å²) in [6, 6.07) is 19.2. The third-order valence-electron chi connectivity index (χ3n) is 12.2. The van der Waals surface area contributed by atoms with Gasteiger partial charge < -0.3 is 35.0 Å². The number of hydrogen-bond acceptors (Lipinski definition) is 8. The van der Waals surface area contributed by atoms with Crippen molar-refractivity contribution in [2.75, 3.05) is 20.8 Å². The summed E-state index contributed by atoms with van der Waals surface area (Å²) < 4.78 is 22.8. The number of amides is 3. The number of carbonyl (C=O) groups is 3. The van der Waals surface area contributed by atoms with Gasteiger partial charge in [-0.25, -0.2) is 19.7 Å². The first-order valence-electron chi connectivity index (χ1n) is 19.9. The molecule has 6 unspecified atom stereocenters. The Morgan fingerprint density at radius 1 is 0.897 bits per heavy atom. The summed E-state index contributed by atoms with van der Waals surface area (Å²) in [5.41, 5.74) is 6.79. The van der Waals surface area contributed by atoms with Crippen molar-refractivity contribution in [1.82, 2.24) is 40.5 Å². The second-order valence-corrected chi connectivity index (χ2v) is 15.4. The standard InChI is InChI=1S/C37H44N6O4.C7H7FN2O/c1-21-27-15-16-28(18-27)32(21)35-39-20-30(41-35)26-13-9-24(10-14-26)23-7-11-25(12-8-23)29-19-38-34(40-29)31-6-5-17-43(31)36(44)33(22(2)46-3)42-37(45)47-4;8-7-6(4-9-5-11)2-1-3-10-7/h7-14,19-22,27-28,31-33H,5-6,15-18H2,1-4H3,(H,38,40)(H,39,41)(H,42,45);1-3,5H,4H2,(H,9,11)/t21-,22?,27?,28?,31?,32?,33?;/m0./s1. The second-order valence-electron chi connectivity index (χ2n) is 15.4. The fourth-order valence-electron chi connectivity index (χ4n) is 8.94. The van der Waals surface area contributed by atoms with Gasteiger partial charge in [0, 0.05) is 37.9 Å². The van der Waals surface area contributed by atoms with Crippen molar-refractivity contribution < 1.29 is 28.2 Å². The molecule has 3 aromatic heterocycles. The number of nitrogens with one attached hydrogen (secondary N) is 4. The molecule has 1 saturated heterocycles. The minimum absolute atomic E-state index is 0.184. The molecule has 14 heteroatoms. The normalized spacial score (nSPS) is 21.8. The van der Waals surface area contributed by atoms with Gasteiger partial charge in [-0.3, -0.25) is 9.59 Å². The Hall–Kier alpha value is -5.89. The van der Waals surface area contributed by atoms with Crippen LogP contribution in [0.4, 0.5) is 9.18 Å². The van der Waals surface area contributed by atoms with E-state index in [0.29, 0.717) is 30.4 Å². The average Bonchev–Trinajstić information content (AvgIpc) is 4.12. The van der Waals surface area contributed by atoms with Gasteiger partial charge >= 0.3 is 6.09 Å². The number of alkyl carbamates (subject to hydrolysis) is 1. The van der Waals surface area contributed by atoms with E-state index in [2.05, 4.69) is 86.0 Å². The molecular formula is C44H51FN8O5. The molecule has 3 fully saturated rings. The average molecular weight is 791 g/mol. The number of methoxy groups -OCH3 is 2. The van der Waals surface area contributed by atoms with Crippen LogP contribution in [0.1, 0.15) is 75.1 Å². The highest BCUT2D eigenvalue weighted by Gasteiger charge is 2.47. The molecule has 304 valence electrons. The summed E-state index contributed by atoms with van der Waals surface area (Å²) in [6.07, 6.45) is 10.2. The zero-order valence-corrected chi connectivity index (χ0v) is 33.3. The second kappa shape index (κ2) is 18.1. The molecule has 58 heavy (non-hydrogen) atoms. The summed E-state index contributed by atoms with van der Waals surface area (Å²) in [7, 11) is 2.79. The van der Waals surface area contributed by atoms with Gasteiger partial charge in [-0.2, -0.15) is 4.39 Å². The number of likely N-dealkylation sites (tertiary alicyclic amines) is 1. The number of imidazole rings is 2. The van der Waals surface area contributed by atoms with Crippen molar-refractivity contribution in [1.29, 1.82) is 0 Å². The van der Waals surface area contributed by atoms with E-state index in [9.17, 15) is 18.8 Å². The SMILES string of the molecule is COC(=O)NC(C(=O)N1CCCC1c1ncc(-c2ccc(-c3ccc(-c4cnc(C5C6CCC(C6)[C@@H]5C)[nH]4)cc3)cc2)[nH]1)C(C)OC.O=CNCc1cccnc1F. The number of carbonyl (C=O) groups excluding carboxylic acids is 3. The zero-order chi connectivity index (χ0) is 40.8. The molecule has 3 amide bonds. The van der Waals surface area contributed by atoms with Crippen LogP contribution in [0, 0.1) is 23.7 Å². The van der Waals surface area contributed by atoms with E-state index in [4.69, 9.17) is 14.5 Å². The van der Waals surface area contributed by atoms with Gasteiger partial charge in [0.1, 0.15) is 17.7 Å². The first kappa shape index (κ1) is 40.3. The first-order chi connectivity index (χ1) is 28.2. The topological polar surface area (TPSA) is 167 Å². The minimum Gasteiger partial charge on any atom is -0.453 e. The molecule has 2 saturated carbocycles. The van der Waals surface area contributed by atoms with E-state index >= 15 is 0 Å². The van der Waals surface area contributed by atoms with E-state index in [1.165, 1.54) is 39.7 Å². The lowest BCUT2D eigenvalue weighted by Gasteiger charge is -2.30. The summed E-state index contributed by atoms with van der Waals surface area (Å²) in [5.74, 6) is 4.07. The first-order valence-corrected chi connectivity index (χ1v) is 19.9. The monoisotopic (exact) mass is 790 g/mol. The molecule has 5 aromatic rings. The zero-order valence-electron chi connectivity index (χ0n) is 33.3. The van der Waals surface area contributed by atoms with E-state index in [1.807, 2.05) is 12.4 Å². The molecule has 0 spiro atoms. The largest absolute Gasteiger partial charge is 0.453 e. The Kier molecular flexibility index (Phi) is 12.6. The summed E-state index contributed by atoms with van der Waals surface area (Å²) in [6.45, 7) is 4.91. The van der Waals surface area contributed by atoms with Crippen molar-refractivity contribution in [3.8, 4) is 33.6 Å². The molecule has 13 nitrogen and oxygen atoms in total. The van der Waals surface area contributed by atoms with Crippen LogP contribution in [-0.2, 0) is 25.6 Å². The number of nitrogens with zero attached hydrogens (tertiary/aromatic N) is 4. The van der Waals surface area contributed by atoms with E-state index in [-0.39, 0.29) is 18.5 Å². The van der Waals surface area contributed by atoms with Crippen LogP contribution < -0.4 is 10.6 Å². The van der Waals surface area contributed by atoms with Crippen molar-refractivity contribution >= 4 is 18.4 Å². The molecule has 2 bridgehead atoms. The van der Waals surface area contributed by atoms with Gasteiger partial charge in [-0.1, -0.05) is 61.5 Å². The van der Waals surface area contributed by atoms with Crippen LogP contribution in [-0.4, -0.2) is 81.1 Å². The number of fused-ring (bicyclic) bond motifs is 2. The van der Waals surface area contributed by atoms with Gasteiger partial charge in [0.05, 0.1) is 43.0 Å². The maximum Gasteiger partial charge on any atom is 0.407 e. The number of aromatic nitrogens is 5. The van der Waals surface area contributed by atoms with Crippen molar-refractivity contribution in [2.24, 2.45) is 17.8 Å². The number of halogens is 1. The number of H-pyrrole nitrogens is 2. The Bertz CT molecular complexity index is 2170. The maximum atomic E-state index is 13.6. The number of hydrogen-bond donors (Lipinski definition) is 4. The highest BCUT2D eigenvalue weighted by Crippen LogP contribution is 2.56. The summed E-state index contributed by atoms with van der Waals surface area (Å²) in [5, 5.41) is 4.98. The van der Waals surface area contributed by atoms with Gasteiger partial charge in [0.25, 0.3) is 0 Å². The van der Waals surface area contributed by atoms with Gasteiger partial charge in [-0.05, 0) is 85.1 Å². The van der Waals surface area contributed by atoms with Crippen molar-refractivity contribution in [2.45, 2.75) is 76.6 Å². The number of aromatic amines is 2. The van der Waals surface area contributed by atoms with Crippen LogP contribution in [0.15, 0.2) is 79.3 Å². The molecule has 2 aliphatic carbocycles. The van der Waals surface area contributed by atoms with Crippen LogP contribution in [0.2, 0.25) is 0 Å². The molecule has 0 radical (unpaired) electrons. The quantitative estimate of drug-likeness (QED) is 0.0763. The van der Waals surface area contributed by atoms with Crippen LogP contribution >= 0.6 is 0 Å². The van der Waals surface area contributed by atoms with Crippen molar-refractivity contribution in [3.05, 3.63) is 102 Å². The number of benzene rings is 2. The summed E-state index contributed by atoms with van der Waals surface area (Å²) in [4.78, 5) is 57.1. The molecule has 3 aliphatic rings. The molecular weight excluding hydrogens is 740 g/mol. The van der Waals surface area contributed by atoms with Gasteiger partial charge in [-0.15, -0.1) is 0 Å². The lowest BCUT2D eigenvalue weighted by atomic mass is 9.80. The minimum atomic E-state index is -0.864. The van der Waals surface area contributed by atoms with E-state index in [1.54, 1.807) is 24.0 Å². The third-order valence-corrected chi connectivity index (χ3v) is 12.2. The van der Waals surface area contributed by atoms with E-state index in [0.717, 1.165) is 70.0 Å². The number of rotatable bonds is 12. The fraction of sp³-hybridized carbons (Fsp3) is 0.409. The van der Waals surface area contributed by atoms with Gasteiger partial charge in [0.2, 0.25) is 18.3 Å². The molecule has 1 aliphatic heterocycles. The molecule has 4 heterocycles. The molecule has 7 atom stereocenters. The van der Waals surface area contributed by atoms with E-state index < -0.39 is 24.2 Å². The predicted molar refractivity (Wildman–Crippen MR) is 216 cm³/mol. The van der Waals surface area contributed by atoms with Crippen LogP contribution in [0.5, 0.6) is 0 Å². The highest BCUT2D eigenvalue weighted by molar-refractivity contribution is 5.87. The molecule has 8 rings (SSSR count). The van der Waals surface area contributed by atoms with Crippen molar-refractivity contribution in [3.63, 3.8) is 0 Å². The number of ether oxygens (including phenoxy) is 2. The van der Waals surface area contributed by atoms with Crippen LogP contribution in [0.25, 0.3) is 33.6 Å². The molecule has 4 N–H and O–H groups in total. The smallest absolute Gasteiger partial charge is 0.407 e. The Morgan fingerprint density at radius 3 is 2.10 bits per heavy atom. The third kappa shape index (κ3) is 8.66. The fourth-order valence-corrected chi connectivity index (χ4v) is 8.94. The maximum absolute atomic E-state index is 13.6. The highest BCUT2D eigenvalue weighted by atomic mass is 19.1. The van der Waals surface area contributed by atoms with Gasteiger partial charge in [0.15, 0.2) is 0 Å². The molecule has 2 aromatic carbocycles. The number of pyridine rings is 1.